The smallest absolute Gasteiger partial charge is 0.244 e. The van der Waals surface area contributed by atoms with Crippen LogP contribution in [0.1, 0.15) is 39.3 Å². The van der Waals surface area contributed by atoms with Crippen molar-refractivity contribution in [2.45, 2.75) is 57.1 Å². The van der Waals surface area contributed by atoms with Gasteiger partial charge in [-0.25, -0.2) is 8.42 Å². The zero-order chi connectivity index (χ0) is 15.8. The van der Waals surface area contributed by atoms with Crippen LogP contribution in [0.4, 0.5) is 0 Å². The lowest BCUT2D eigenvalue weighted by atomic mass is 10.2. The molecule has 1 aromatic heterocycles. The molecule has 0 aliphatic heterocycles. The molecule has 1 heterocycles. The average molecular weight is 313 g/mol. The van der Waals surface area contributed by atoms with E-state index < -0.39 is 10.0 Å². The Morgan fingerprint density at radius 3 is 2.52 bits per heavy atom. The Morgan fingerprint density at radius 1 is 1.38 bits per heavy atom. The molecule has 0 spiro atoms. The highest BCUT2D eigenvalue weighted by Crippen LogP contribution is 2.36. The highest BCUT2D eigenvalue weighted by atomic mass is 32.2. The number of hydrogen-bond acceptors (Lipinski definition) is 3. The summed E-state index contributed by atoms with van der Waals surface area (Å²) in [6.07, 6.45) is 3.99. The number of sulfonamides is 1. The molecule has 0 radical (unpaired) electrons. The van der Waals surface area contributed by atoms with E-state index in [1.54, 1.807) is 19.3 Å². The molecule has 1 unspecified atom stereocenters. The second-order valence-corrected chi connectivity index (χ2v) is 8.41. The summed E-state index contributed by atoms with van der Waals surface area (Å²) >= 11 is 0. The van der Waals surface area contributed by atoms with Crippen LogP contribution in [-0.4, -0.2) is 36.4 Å². The van der Waals surface area contributed by atoms with Gasteiger partial charge in [0.15, 0.2) is 0 Å². The topological polar surface area (TPSA) is 54.3 Å². The van der Waals surface area contributed by atoms with E-state index in [1.165, 1.54) is 4.31 Å². The first-order chi connectivity index (χ1) is 9.73. The quantitative estimate of drug-likeness (QED) is 0.837. The summed E-state index contributed by atoms with van der Waals surface area (Å²) in [6.45, 7) is 6.82. The molecule has 5 nitrogen and oxygen atoms in total. The highest BCUT2D eigenvalue weighted by molar-refractivity contribution is 7.89. The minimum absolute atomic E-state index is 0.0763. The van der Waals surface area contributed by atoms with Crippen LogP contribution in [0.5, 0.6) is 0 Å². The standard InChI is InChI=1S/C15H27N3O2S/c1-11(2)16-9-14-8-15(10-17(14)4)21(19,20)18(5)12(3)13-6-7-13/h8,10-13,16H,6-7,9H2,1-5H3. The lowest BCUT2D eigenvalue weighted by molar-refractivity contribution is 0.357. The molecule has 6 heteroatoms. The van der Waals surface area contributed by atoms with Crippen LogP contribution in [-0.2, 0) is 23.6 Å². The van der Waals surface area contributed by atoms with Gasteiger partial charge >= 0.3 is 0 Å². The van der Waals surface area contributed by atoms with Crippen molar-refractivity contribution in [1.82, 2.24) is 14.2 Å². The molecule has 2 rings (SSSR count). The Balaban J connectivity index is 2.18. The minimum atomic E-state index is -3.40. The van der Waals surface area contributed by atoms with Crippen molar-refractivity contribution in [2.75, 3.05) is 7.05 Å². The zero-order valence-corrected chi connectivity index (χ0v) is 14.4. The lowest BCUT2D eigenvalue weighted by Gasteiger charge is -2.23. The summed E-state index contributed by atoms with van der Waals surface area (Å²) in [6, 6.07) is 2.23. The van der Waals surface area contributed by atoms with E-state index >= 15 is 0 Å². The van der Waals surface area contributed by atoms with Gasteiger partial charge in [-0.3, -0.25) is 0 Å². The van der Waals surface area contributed by atoms with Crippen LogP contribution in [0.25, 0.3) is 0 Å². The van der Waals surface area contributed by atoms with E-state index in [0.717, 1.165) is 18.5 Å². The Bertz CT molecular complexity index is 588. The van der Waals surface area contributed by atoms with Gasteiger partial charge in [-0.15, -0.1) is 0 Å². The summed E-state index contributed by atoms with van der Waals surface area (Å²) < 4.78 is 28.8. The van der Waals surface area contributed by atoms with Crippen LogP contribution in [0, 0.1) is 5.92 Å². The van der Waals surface area contributed by atoms with Crippen molar-refractivity contribution in [2.24, 2.45) is 13.0 Å². The molecule has 120 valence electrons. The number of rotatable bonds is 7. The molecule has 1 aliphatic carbocycles. The number of aromatic nitrogens is 1. The van der Waals surface area contributed by atoms with Gasteiger partial charge in [0.05, 0.1) is 0 Å². The molecule has 1 saturated carbocycles. The van der Waals surface area contributed by atoms with Gasteiger partial charge in [0.1, 0.15) is 4.90 Å². The first-order valence-electron chi connectivity index (χ1n) is 7.60. The Labute approximate surface area is 128 Å². The molecule has 1 aromatic rings. The molecule has 0 aromatic carbocycles. The molecule has 21 heavy (non-hydrogen) atoms. The maximum Gasteiger partial charge on any atom is 0.244 e. The molecular formula is C15H27N3O2S. The average Bonchev–Trinajstić information content (AvgIpc) is 3.18. The van der Waals surface area contributed by atoms with E-state index in [2.05, 4.69) is 19.2 Å². The summed E-state index contributed by atoms with van der Waals surface area (Å²) in [4.78, 5) is 0.389. The third-order valence-corrected chi connectivity index (χ3v) is 6.24. The predicted molar refractivity (Wildman–Crippen MR) is 84.5 cm³/mol. The monoisotopic (exact) mass is 313 g/mol. The third-order valence-electron chi connectivity index (χ3n) is 4.33. The largest absolute Gasteiger partial charge is 0.352 e. The van der Waals surface area contributed by atoms with Crippen LogP contribution >= 0.6 is 0 Å². The summed E-state index contributed by atoms with van der Waals surface area (Å²) in [5.74, 6) is 0.524. The zero-order valence-electron chi connectivity index (χ0n) is 13.6. The van der Waals surface area contributed by atoms with Gasteiger partial charge in [0.25, 0.3) is 0 Å². The maximum absolute atomic E-state index is 12.7. The van der Waals surface area contributed by atoms with Crippen molar-refractivity contribution in [1.29, 1.82) is 0 Å². The van der Waals surface area contributed by atoms with E-state index in [1.807, 2.05) is 18.5 Å². The van der Waals surface area contributed by atoms with E-state index in [9.17, 15) is 8.42 Å². The van der Waals surface area contributed by atoms with Gasteiger partial charge in [0, 0.05) is 44.6 Å². The summed E-state index contributed by atoms with van der Waals surface area (Å²) in [7, 11) is 0.183. The second kappa shape index (κ2) is 6.10. The van der Waals surface area contributed by atoms with Crippen molar-refractivity contribution in [3.05, 3.63) is 18.0 Å². The van der Waals surface area contributed by atoms with Gasteiger partial charge in [-0.05, 0) is 31.7 Å². The highest BCUT2D eigenvalue weighted by Gasteiger charge is 2.36. The molecule has 0 amide bonds. The molecule has 1 N–H and O–H groups in total. The van der Waals surface area contributed by atoms with Crippen molar-refractivity contribution < 1.29 is 8.42 Å². The van der Waals surface area contributed by atoms with Crippen LogP contribution < -0.4 is 5.32 Å². The Kier molecular flexibility index (Phi) is 4.80. The SMILES string of the molecule is CC(C)NCc1cc(S(=O)(=O)N(C)C(C)C2CC2)cn1C. The van der Waals surface area contributed by atoms with E-state index in [-0.39, 0.29) is 6.04 Å². The first-order valence-corrected chi connectivity index (χ1v) is 9.04. The van der Waals surface area contributed by atoms with Crippen molar-refractivity contribution in [3.8, 4) is 0 Å². The van der Waals surface area contributed by atoms with Gasteiger partial charge in [0.2, 0.25) is 10.0 Å². The number of nitrogens with zero attached hydrogens (tertiary/aromatic N) is 2. The minimum Gasteiger partial charge on any atom is -0.352 e. The number of aryl methyl sites for hydroxylation is 1. The maximum atomic E-state index is 12.7. The van der Waals surface area contributed by atoms with Crippen molar-refractivity contribution >= 4 is 10.0 Å². The Morgan fingerprint density at radius 2 is 2.00 bits per heavy atom. The van der Waals surface area contributed by atoms with Crippen LogP contribution in [0.2, 0.25) is 0 Å². The van der Waals surface area contributed by atoms with Gasteiger partial charge in [-0.2, -0.15) is 4.31 Å². The molecule has 0 bridgehead atoms. The molecular weight excluding hydrogens is 286 g/mol. The molecule has 1 atom stereocenters. The van der Waals surface area contributed by atoms with Crippen LogP contribution in [0.15, 0.2) is 17.2 Å². The summed E-state index contributed by atoms with van der Waals surface area (Å²) in [5, 5.41) is 3.32. The Hall–Kier alpha value is -0.850. The fourth-order valence-electron chi connectivity index (χ4n) is 2.46. The number of hydrogen-bond donors (Lipinski definition) is 1. The van der Waals surface area contributed by atoms with Crippen molar-refractivity contribution in [3.63, 3.8) is 0 Å². The normalized spacial score (nSPS) is 17.7. The first kappa shape index (κ1) is 16.5. The molecule has 1 aliphatic rings. The fourth-order valence-corrected chi connectivity index (χ4v) is 3.98. The predicted octanol–water partition coefficient (Wildman–Crippen LogP) is 1.94. The van der Waals surface area contributed by atoms with Crippen LogP contribution in [0.3, 0.4) is 0 Å². The number of nitrogens with one attached hydrogen (secondary N) is 1. The van der Waals surface area contributed by atoms with Gasteiger partial charge < -0.3 is 9.88 Å². The second-order valence-electron chi connectivity index (χ2n) is 6.41. The fraction of sp³-hybridized carbons (Fsp3) is 0.733. The molecule has 0 saturated heterocycles. The van der Waals surface area contributed by atoms with Gasteiger partial charge in [-0.1, -0.05) is 13.8 Å². The van der Waals surface area contributed by atoms with E-state index in [0.29, 0.717) is 23.4 Å². The van der Waals surface area contributed by atoms with E-state index in [4.69, 9.17) is 0 Å². The third kappa shape index (κ3) is 3.67. The molecule has 1 fully saturated rings. The lowest BCUT2D eigenvalue weighted by Crippen LogP contribution is -2.36. The summed E-state index contributed by atoms with van der Waals surface area (Å²) in [5.41, 5.74) is 0.981.